The van der Waals surface area contributed by atoms with Gasteiger partial charge in [-0.15, -0.1) is 0 Å². The Morgan fingerprint density at radius 2 is 2.00 bits per heavy atom. The molecule has 0 aliphatic heterocycles. The molecule has 2 aromatic rings. The van der Waals surface area contributed by atoms with Crippen LogP contribution in [0.2, 0.25) is 0 Å². The van der Waals surface area contributed by atoms with E-state index in [9.17, 15) is 13.2 Å². The summed E-state index contributed by atoms with van der Waals surface area (Å²) >= 11 is 0. The van der Waals surface area contributed by atoms with E-state index < -0.39 is 16.1 Å². The molecule has 10 heteroatoms. The molecule has 0 saturated carbocycles. The Balaban J connectivity index is 2.04. The van der Waals surface area contributed by atoms with Crippen molar-refractivity contribution in [2.45, 2.75) is 13.5 Å². The third kappa shape index (κ3) is 5.74. The van der Waals surface area contributed by atoms with Crippen molar-refractivity contribution in [1.29, 1.82) is 0 Å². The van der Waals surface area contributed by atoms with Crippen molar-refractivity contribution in [3.05, 3.63) is 42.1 Å². The summed E-state index contributed by atoms with van der Waals surface area (Å²) in [5.74, 6) is 1.02. The van der Waals surface area contributed by atoms with Crippen LogP contribution in [0.4, 0.5) is 22.0 Å². The normalized spacial score (nSPS) is 10.9. The minimum Gasteiger partial charge on any atom is -0.494 e. The van der Waals surface area contributed by atoms with Gasteiger partial charge >= 0.3 is 6.03 Å². The van der Waals surface area contributed by atoms with E-state index in [4.69, 9.17) is 4.74 Å². The van der Waals surface area contributed by atoms with Gasteiger partial charge in [-0.25, -0.2) is 18.2 Å². The number of carbonyl (C=O) groups excluding carboxylic acids is 1. The highest BCUT2D eigenvalue weighted by Gasteiger charge is 2.13. The first kappa shape index (κ1) is 21.3. The van der Waals surface area contributed by atoms with Crippen LogP contribution in [0, 0.1) is 0 Å². The summed E-state index contributed by atoms with van der Waals surface area (Å²) in [4.78, 5) is 18.4. The third-order valence-corrected chi connectivity index (χ3v) is 5.13. The highest BCUT2D eigenvalue weighted by Crippen LogP contribution is 2.28. The lowest BCUT2D eigenvalue weighted by Crippen LogP contribution is -2.29. The predicted molar refractivity (Wildman–Crippen MR) is 110 cm³/mol. The van der Waals surface area contributed by atoms with Gasteiger partial charge in [0.2, 0.25) is 10.0 Å². The maximum Gasteiger partial charge on any atom is 0.319 e. The fourth-order valence-corrected chi connectivity index (χ4v) is 3.06. The lowest BCUT2D eigenvalue weighted by Gasteiger charge is -2.16. The molecule has 3 N–H and O–H groups in total. The molecule has 0 saturated heterocycles. The molecular weight excluding hydrogens is 382 g/mol. The molecular formula is C18H25N5O4S. The summed E-state index contributed by atoms with van der Waals surface area (Å²) in [7, 11) is 1.76. The van der Waals surface area contributed by atoms with E-state index in [1.165, 1.54) is 13.2 Å². The molecule has 0 radical (unpaired) electrons. The molecule has 0 atom stereocenters. The molecule has 152 valence electrons. The van der Waals surface area contributed by atoms with Crippen molar-refractivity contribution < 1.29 is 17.9 Å². The molecule has 0 unspecified atom stereocenters. The van der Waals surface area contributed by atoms with Crippen LogP contribution in [0.1, 0.15) is 12.5 Å². The van der Waals surface area contributed by atoms with Gasteiger partial charge in [0.15, 0.2) is 0 Å². The van der Waals surface area contributed by atoms with E-state index in [2.05, 4.69) is 20.3 Å². The molecule has 0 fully saturated rings. The summed E-state index contributed by atoms with van der Waals surface area (Å²) in [6.07, 6.45) is 1.69. The minimum absolute atomic E-state index is 0.0537. The van der Waals surface area contributed by atoms with Gasteiger partial charge in [0, 0.05) is 44.2 Å². The second-order valence-corrected chi connectivity index (χ2v) is 8.12. The fraction of sp³-hybridized carbons (Fsp3) is 0.333. The van der Waals surface area contributed by atoms with Crippen LogP contribution in [0.3, 0.4) is 0 Å². The molecule has 9 nitrogen and oxygen atoms in total. The highest BCUT2D eigenvalue weighted by molar-refractivity contribution is 7.92. The minimum atomic E-state index is -3.43. The average Bonchev–Trinajstić information content (AvgIpc) is 2.67. The van der Waals surface area contributed by atoms with E-state index in [0.717, 1.165) is 11.4 Å². The molecule has 0 bridgehead atoms. The molecule has 0 aliphatic rings. The first-order valence-electron chi connectivity index (χ1n) is 8.60. The maximum atomic E-state index is 12.2. The van der Waals surface area contributed by atoms with Crippen molar-refractivity contribution in [3.63, 3.8) is 0 Å². The number of benzene rings is 1. The summed E-state index contributed by atoms with van der Waals surface area (Å²) in [6, 6.07) is 7.96. The van der Waals surface area contributed by atoms with Gasteiger partial charge in [-0.1, -0.05) is 6.07 Å². The number of hydrogen-bond acceptors (Lipinski definition) is 6. The van der Waals surface area contributed by atoms with Crippen LogP contribution in [-0.2, 0) is 16.6 Å². The van der Waals surface area contributed by atoms with Crippen molar-refractivity contribution in [1.82, 2.24) is 10.3 Å². The van der Waals surface area contributed by atoms with Crippen LogP contribution in [0.15, 0.2) is 36.5 Å². The molecule has 0 aliphatic carbocycles. The van der Waals surface area contributed by atoms with E-state index in [-0.39, 0.29) is 5.75 Å². The van der Waals surface area contributed by atoms with E-state index >= 15 is 0 Å². The Morgan fingerprint density at radius 3 is 2.64 bits per heavy atom. The SMILES string of the molecule is CCS(=O)(=O)Nc1ccc(NC(=O)NCc2cccnc2N(C)C)cc1OC. The van der Waals surface area contributed by atoms with Gasteiger partial charge in [-0.05, 0) is 25.1 Å². The fourth-order valence-electron chi connectivity index (χ4n) is 2.41. The smallest absolute Gasteiger partial charge is 0.319 e. The summed E-state index contributed by atoms with van der Waals surface area (Å²) < 4.78 is 31.1. The Kier molecular flexibility index (Phi) is 7.05. The van der Waals surface area contributed by atoms with Crippen LogP contribution in [-0.4, -0.2) is 46.4 Å². The molecule has 28 heavy (non-hydrogen) atoms. The lowest BCUT2D eigenvalue weighted by molar-refractivity contribution is 0.251. The summed E-state index contributed by atoms with van der Waals surface area (Å²) in [5.41, 5.74) is 1.65. The number of ether oxygens (including phenoxy) is 1. The van der Waals surface area contributed by atoms with Crippen molar-refractivity contribution in [3.8, 4) is 5.75 Å². The van der Waals surface area contributed by atoms with Crippen molar-refractivity contribution in [2.75, 3.05) is 41.9 Å². The number of sulfonamides is 1. The molecule has 1 heterocycles. The zero-order valence-electron chi connectivity index (χ0n) is 16.3. The van der Waals surface area contributed by atoms with Gasteiger partial charge in [0.1, 0.15) is 11.6 Å². The van der Waals surface area contributed by atoms with Crippen LogP contribution >= 0.6 is 0 Å². The third-order valence-electron chi connectivity index (χ3n) is 3.84. The van der Waals surface area contributed by atoms with Crippen molar-refractivity contribution in [2.24, 2.45) is 0 Å². The van der Waals surface area contributed by atoms with Crippen LogP contribution < -0.4 is 25.0 Å². The summed E-state index contributed by atoms with van der Waals surface area (Å²) in [6.45, 7) is 1.84. The van der Waals surface area contributed by atoms with Gasteiger partial charge in [0.05, 0.1) is 18.6 Å². The van der Waals surface area contributed by atoms with Crippen molar-refractivity contribution >= 4 is 33.2 Å². The molecule has 1 aromatic carbocycles. The highest BCUT2D eigenvalue weighted by atomic mass is 32.2. The number of hydrogen-bond donors (Lipinski definition) is 3. The van der Waals surface area contributed by atoms with E-state index in [1.54, 1.807) is 25.3 Å². The lowest BCUT2D eigenvalue weighted by atomic mass is 10.2. The molecule has 2 amide bonds. The topological polar surface area (TPSA) is 113 Å². The van der Waals surface area contributed by atoms with E-state index in [0.29, 0.717) is 23.7 Å². The number of rotatable bonds is 8. The largest absolute Gasteiger partial charge is 0.494 e. The zero-order chi connectivity index (χ0) is 20.7. The second kappa shape index (κ2) is 9.27. The monoisotopic (exact) mass is 407 g/mol. The standard InChI is InChI=1S/C18H25N5O4S/c1-5-28(25,26)22-15-9-8-14(11-16(15)27-4)21-18(24)20-12-13-7-6-10-19-17(13)23(2)3/h6-11,22H,5,12H2,1-4H3,(H2,20,21,24). The van der Waals surface area contributed by atoms with Crippen LogP contribution in [0.25, 0.3) is 0 Å². The second-order valence-electron chi connectivity index (χ2n) is 6.11. The number of methoxy groups -OCH3 is 1. The molecule has 0 spiro atoms. The predicted octanol–water partition coefficient (Wildman–Crippen LogP) is 2.24. The Bertz CT molecular complexity index is 931. The Labute approximate surface area is 165 Å². The number of anilines is 3. The number of nitrogens with zero attached hydrogens (tertiary/aromatic N) is 2. The zero-order valence-corrected chi connectivity index (χ0v) is 17.1. The average molecular weight is 407 g/mol. The number of nitrogens with one attached hydrogen (secondary N) is 3. The van der Waals surface area contributed by atoms with Gasteiger partial charge in [0.25, 0.3) is 0 Å². The summed E-state index contributed by atoms with van der Waals surface area (Å²) in [5, 5.41) is 5.47. The number of amides is 2. The van der Waals surface area contributed by atoms with Crippen LogP contribution in [0.5, 0.6) is 5.75 Å². The first-order valence-corrected chi connectivity index (χ1v) is 10.3. The number of pyridine rings is 1. The number of urea groups is 1. The van der Waals surface area contributed by atoms with Gasteiger partial charge in [-0.2, -0.15) is 0 Å². The first-order chi connectivity index (χ1) is 13.3. The Hall–Kier alpha value is -3.01. The Morgan fingerprint density at radius 1 is 1.25 bits per heavy atom. The maximum absolute atomic E-state index is 12.2. The number of carbonyl (C=O) groups is 1. The molecule has 2 rings (SSSR count). The quantitative estimate of drug-likeness (QED) is 0.619. The van der Waals surface area contributed by atoms with Gasteiger partial charge < -0.3 is 20.3 Å². The van der Waals surface area contributed by atoms with E-state index in [1.807, 2.05) is 31.1 Å². The molecule has 1 aromatic heterocycles. The number of aromatic nitrogens is 1. The van der Waals surface area contributed by atoms with Gasteiger partial charge in [-0.3, -0.25) is 4.72 Å².